The fourth-order valence-electron chi connectivity index (χ4n) is 1.17. The van der Waals surface area contributed by atoms with Crippen molar-refractivity contribution in [1.82, 2.24) is 5.43 Å². The first-order chi connectivity index (χ1) is 6.36. The van der Waals surface area contributed by atoms with Gasteiger partial charge in [-0.2, -0.15) is 0 Å². The molecule has 0 saturated carbocycles. The Bertz CT molecular complexity index is 274. The van der Waals surface area contributed by atoms with Crippen molar-refractivity contribution >= 4 is 0 Å². The third kappa shape index (κ3) is 3.29. The van der Waals surface area contributed by atoms with E-state index in [9.17, 15) is 0 Å². The number of benzene rings is 1. The van der Waals surface area contributed by atoms with Crippen LogP contribution < -0.4 is 11.3 Å². The third-order valence-electron chi connectivity index (χ3n) is 1.97. The molecule has 1 rings (SSSR count). The van der Waals surface area contributed by atoms with Crippen molar-refractivity contribution in [3.8, 4) is 12.3 Å². The van der Waals surface area contributed by atoms with E-state index in [2.05, 4.69) is 23.5 Å². The van der Waals surface area contributed by atoms with Gasteiger partial charge in [0.05, 0.1) is 6.04 Å². The van der Waals surface area contributed by atoms with E-state index < -0.39 is 0 Å². The molecule has 2 nitrogen and oxygen atoms in total. The Morgan fingerprint density at radius 1 is 1.38 bits per heavy atom. The van der Waals surface area contributed by atoms with Gasteiger partial charge in [-0.1, -0.05) is 36.3 Å². The van der Waals surface area contributed by atoms with Crippen molar-refractivity contribution in [2.24, 2.45) is 5.84 Å². The lowest BCUT2D eigenvalue weighted by Crippen LogP contribution is -2.34. The number of terminal acetylenes is 1. The number of nitrogens with one attached hydrogen (secondary N) is 1. The second-order valence-electron chi connectivity index (χ2n) is 2.91. The highest BCUT2D eigenvalue weighted by Gasteiger charge is 2.01. The zero-order valence-corrected chi connectivity index (χ0v) is 7.53. The van der Waals surface area contributed by atoms with E-state index in [0.29, 0.717) is 0 Å². The molecule has 0 spiro atoms. The lowest BCUT2D eigenvalue weighted by molar-refractivity contribution is 0.592. The number of rotatable bonds is 4. The topological polar surface area (TPSA) is 38.0 Å². The molecule has 0 aliphatic carbocycles. The molecule has 3 N–H and O–H groups in total. The first kappa shape index (κ1) is 9.79. The van der Waals surface area contributed by atoms with Crippen molar-refractivity contribution in [1.29, 1.82) is 0 Å². The van der Waals surface area contributed by atoms with Crippen LogP contribution in [0.3, 0.4) is 0 Å². The van der Waals surface area contributed by atoms with E-state index in [-0.39, 0.29) is 6.04 Å². The molecule has 0 aliphatic heterocycles. The number of aryl methyl sites for hydroxylation is 1. The lowest BCUT2D eigenvalue weighted by atomic mass is 10.1. The van der Waals surface area contributed by atoms with Gasteiger partial charge in [-0.25, -0.2) is 5.43 Å². The van der Waals surface area contributed by atoms with Crippen LogP contribution in [0, 0.1) is 12.3 Å². The average Bonchev–Trinajstić information content (AvgIpc) is 2.21. The minimum atomic E-state index is -0.0276. The Hall–Kier alpha value is -1.30. The lowest BCUT2D eigenvalue weighted by Gasteiger charge is -2.08. The highest BCUT2D eigenvalue weighted by molar-refractivity contribution is 5.15. The van der Waals surface area contributed by atoms with E-state index in [1.165, 1.54) is 5.56 Å². The van der Waals surface area contributed by atoms with Crippen LogP contribution in [0.1, 0.15) is 12.0 Å². The van der Waals surface area contributed by atoms with Gasteiger partial charge in [0.2, 0.25) is 0 Å². The van der Waals surface area contributed by atoms with Crippen LogP contribution in [0.5, 0.6) is 0 Å². The van der Waals surface area contributed by atoms with Gasteiger partial charge < -0.3 is 0 Å². The normalized spacial score (nSPS) is 12.0. The molecule has 1 atom stereocenters. The Labute approximate surface area is 79.1 Å². The molecule has 0 radical (unpaired) electrons. The van der Waals surface area contributed by atoms with Crippen molar-refractivity contribution in [2.75, 3.05) is 0 Å². The van der Waals surface area contributed by atoms with Gasteiger partial charge in [0.1, 0.15) is 0 Å². The average molecular weight is 174 g/mol. The predicted molar refractivity (Wildman–Crippen MR) is 54.7 cm³/mol. The minimum Gasteiger partial charge on any atom is -0.270 e. The number of hydrogen-bond donors (Lipinski definition) is 2. The summed E-state index contributed by atoms with van der Waals surface area (Å²) in [5, 5.41) is 0. The minimum absolute atomic E-state index is 0.0276. The summed E-state index contributed by atoms with van der Waals surface area (Å²) in [6, 6.07) is 10.2. The van der Waals surface area contributed by atoms with E-state index in [4.69, 9.17) is 12.3 Å². The van der Waals surface area contributed by atoms with Crippen LogP contribution in [0.2, 0.25) is 0 Å². The first-order valence-corrected chi connectivity index (χ1v) is 4.33. The molecule has 0 saturated heterocycles. The number of hydrazine groups is 1. The summed E-state index contributed by atoms with van der Waals surface area (Å²) in [6.07, 6.45) is 7.09. The quantitative estimate of drug-likeness (QED) is 0.407. The van der Waals surface area contributed by atoms with Crippen LogP contribution in [0.15, 0.2) is 30.3 Å². The highest BCUT2D eigenvalue weighted by Crippen LogP contribution is 2.03. The fourth-order valence-corrected chi connectivity index (χ4v) is 1.17. The number of hydrogen-bond acceptors (Lipinski definition) is 2. The van der Waals surface area contributed by atoms with Gasteiger partial charge in [-0.15, -0.1) is 6.42 Å². The fraction of sp³-hybridized carbons (Fsp3) is 0.273. The molecule has 13 heavy (non-hydrogen) atoms. The zero-order valence-electron chi connectivity index (χ0n) is 7.53. The standard InChI is InChI=1S/C11H14N2/c1-2-11(13-12)9-8-10-6-4-3-5-7-10/h1,3-7,11,13H,8-9,12H2. The van der Waals surface area contributed by atoms with Crippen LogP contribution in [0.4, 0.5) is 0 Å². The van der Waals surface area contributed by atoms with Gasteiger partial charge in [0, 0.05) is 0 Å². The molecule has 2 heteroatoms. The zero-order chi connectivity index (χ0) is 9.52. The molecule has 0 aromatic heterocycles. The van der Waals surface area contributed by atoms with Crippen LogP contribution >= 0.6 is 0 Å². The number of nitrogens with two attached hydrogens (primary N) is 1. The second kappa shape index (κ2) is 5.36. The monoisotopic (exact) mass is 174 g/mol. The van der Waals surface area contributed by atoms with Crippen molar-refractivity contribution < 1.29 is 0 Å². The smallest absolute Gasteiger partial charge is 0.0818 e. The summed E-state index contributed by atoms with van der Waals surface area (Å²) in [4.78, 5) is 0. The molecular weight excluding hydrogens is 160 g/mol. The molecular formula is C11H14N2. The third-order valence-corrected chi connectivity index (χ3v) is 1.97. The van der Waals surface area contributed by atoms with E-state index >= 15 is 0 Å². The summed E-state index contributed by atoms with van der Waals surface area (Å²) < 4.78 is 0. The molecule has 0 amide bonds. The molecule has 1 unspecified atom stereocenters. The van der Waals surface area contributed by atoms with Gasteiger partial charge in [-0.3, -0.25) is 5.84 Å². The molecule has 1 aromatic carbocycles. The van der Waals surface area contributed by atoms with E-state index in [0.717, 1.165) is 12.8 Å². The van der Waals surface area contributed by atoms with Crippen LogP contribution in [0.25, 0.3) is 0 Å². The Kier molecular flexibility index (Phi) is 4.04. The molecule has 0 heterocycles. The van der Waals surface area contributed by atoms with E-state index in [1.54, 1.807) is 0 Å². The van der Waals surface area contributed by atoms with Crippen molar-refractivity contribution in [3.63, 3.8) is 0 Å². The summed E-state index contributed by atoms with van der Waals surface area (Å²) in [6.45, 7) is 0. The predicted octanol–water partition coefficient (Wildman–Crippen LogP) is 1.08. The van der Waals surface area contributed by atoms with E-state index in [1.807, 2.05) is 18.2 Å². The highest BCUT2D eigenvalue weighted by atomic mass is 15.2. The van der Waals surface area contributed by atoms with Crippen molar-refractivity contribution in [2.45, 2.75) is 18.9 Å². The van der Waals surface area contributed by atoms with Gasteiger partial charge in [0.15, 0.2) is 0 Å². The van der Waals surface area contributed by atoms with Crippen molar-refractivity contribution in [3.05, 3.63) is 35.9 Å². The van der Waals surface area contributed by atoms with Crippen LogP contribution in [-0.2, 0) is 6.42 Å². The van der Waals surface area contributed by atoms with Gasteiger partial charge in [-0.05, 0) is 18.4 Å². The van der Waals surface area contributed by atoms with Gasteiger partial charge in [0.25, 0.3) is 0 Å². The summed E-state index contributed by atoms with van der Waals surface area (Å²) in [5.74, 6) is 7.84. The maximum atomic E-state index is 5.25. The molecule has 0 aliphatic rings. The summed E-state index contributed by atoms with van der Waals surface area (Å²) in [5.41, 5.74) is 3.88. The molecule has 68 valence electrons. The molecule has 0 fully saturated rings. The first-order valence-electron chi connectivity index (χ1n) is 4.33. The Morgan fingerprint density at radius 3 is 2.62 bits per heavy atom. The van der Waals surface area contributed by atoms with Gasteiger partial charge >= 0.3 is 0 Å². The van der Waals surface area contributed by atoms with Crippen LogP contribution in [-0.4, -0.2) is 6.04 Å². The SMILES string of the molecule is C#CC(CCc1ccccc1)NN. The Morgan fingerprint density at radius 2 is 2.08 bits per heavy atom. The second-order valence-corrected chi connectivity index (χ2v) is 2.91. The summed E-state index contributed by atoms with van der Waals surface area (Å²) >= 11 is 0. The molecule has 1 aromatic rings. The maximum Gasteiger partial charge on any atom is 0.0818 e. The molecule has 0 bridgehead atoms. The largest absolute Gasteiger partial charge is 0.270 e. The maximum absolute atomic E-state index is 5.25. The summed E-state index contributed by atoms with van der Waals surface area (Å²) in [7, 11) is 0. The Balaban J connectivity index is 2.40.